The minimum absolute atomic E-state index is 0.152. The second-order valence-electron chi connectivity index (χ2n) is 7.16. The molecule has 0 atom stereocenters. The quantitative estimate of drug-likeness (QED) is 0.595. The van der Waals surface area contributed by atoms with Crippen LogP contribution in [0.4, 0.5) is 0 Å². The maximum atomic E-state index is 12.8. The molecule has 2 aromatic carbocycles. The summed E-state index contributed by atoms with van der Waals surface area (Å²) in [7, 11) is -0.159. The van der Waals surface area contributed by atoms with Crippen LogP contribution in [-0.4, -0.2) is 56.6 Å². The highest BCUT2D eigenvalue weighted by Gasteiger charge is 2.26. The first kappa shape index (κ1) is 21.7. The van der Waals surface area contributed by atoms with Gasteiger partial charge in [0.25, 0.3) is 5.91 Å². The van der Waals surface area contributed by atoms with Crippen molar-refractivity contribution < 1.29 is 22.7 Å². The maximum Gasteiger partial charge on any atom is 0.279 e. The van der Waals surface area contributed by atoms with Crippen LogP contribution in [0.5, 0.6) is 5.75 Å². The number of aromatic nitrogens is 1. The van der Waals surface area contributed by atoms with Gasteiger partial charge in [-0.1, -0.05) is 17.4 Å². The molecule has 1 aliphatic heterocycles. The van der Waals surface area contributed by atoms with E-state index < -0.39 is 15.9 Å². The number of carbonyl (C=O) groups is 1. The smallest absolute Gasteiger partial charge is 0.279 e. The molecule has 10 heteroatoms. The van der Waals surface area contributed by atoms with Crippen LogP contribution in [0.1, 0.15) is 15.9 Å². The molecule has 0 aliphatic carbocycles. The molecule has 1 saturated heterocycles. The largest absolute Gasteiger partial charge is 0.495 e. The molecule has 0 saturated carbocycles. The fourth-order valence-corrected chi connectivity index (χ4v) is 5.99. The lowest BCUT2D eigenvalue weighted by Crippen LogP contribution is -2.40. The van der Waals surface area contributed by atoms with Gasteiger partial charge < -0.3 is 14.0 Å². The number of nitrogens with zero attached hydrogens (tertiary/aromatic N) is 3. The van der Waals surface area contributed by atoms with Crippen molar-refractivity contribution in [2.45, 2.75) is 11.8 Å². The van der Waals surface area contributed by atoms with Gasteiger partial charge in [-0.3, -0.25) is 4.79 Å². The molecule has 0 spiro atoms. The van der Waals surface area contributed by atoms with Crippen molar-refractivity contribution in [3.05, 3.63) is 52.3 Å². The number of hydrogen-bond acceptors (Lipinski definition) is 6. The van der Waals surface area contributed by atoms with Gasteiger partial charge in [0.15, 0.2) is 4.80 Å². The summed E-state index contributed by atoms with van der Waals surface area (Å²) in [6.07, 6.45) is 0. The molecular weight excluding hydrogens is 438 g/mol. The second-order valence-corrected chi connectivity index (χ2v) is 10.1. The average molecular weight is 462 g/mol. The van der Waals surface area contributed by atoms with Gasteiger partial charge in [-0.2, -0.15) is 9.30 Å². The van der Waals surface area contributed by atoms with Crippen LogP contribution >= 0.6 is 11.3 Å². The molecule has 1 aromatic heterocycles. The number of benzene rings is 2. The topological polar surface area (TPSA) is 90.2 Å². The van der Waals surface area contributed by atoms with E-state index >= 15 is 0 Å². The Morgan fingerprint density at radius 1 is 1.13 bits per heavy atom. The highest BCUT2D eigenvalue weighted by Crippen LogP contribution is 2.29. The second kappa shape index (κ2) is 8.54. The fourth-order valence-electron chi connectivity index (χ4n) is 3.48. The molecule has 4 rings (SSSR count). The zero-order valence-corrected chi connectivity index (χ0v) is 19.1. The van der Waals surface area contributed by atoms with E-state index in [1.54, 1.807) is 7.11 Å². The summed E-state index contributed by atoms with van der Waals surface area (Å²) in [5, 5.41) is 0. The third kappa shape index (κ3) is 4.03. The van der Waals surface area contributed by atoms with Gasteiger partial charge in [-0.15, -0.1) is 0 Å². The number of carbonyl (C=O) groups excluding carboxylic acids is 1. The van der Waals surface area contributed by atoms with Crippen LogP contribution in [-0.2, 0) is 21.8 Å². The molecule has 31 heavy (non-hydrogen) atoms. The number of rotatable bonds is 4. The van der Waals surface area contributed by atoms with Gasteiger partial charge in [0.1, 0.15) is 11.3 Å². The summed E-state index contributed by atoms with van der Waals surface area (Å²) in [6, 6.07) is 9.76. The number of fused-ring (bicyclic) bond motifs is 1. The van der Waals surface area contributed by atoms with E-state index in [2.05, 4.69) is 4.99 Å². The van der Waals surface area contributed by atoms with Crippen LogP contribution in [0.2, 0.25) is 0 Å². The summed E-state index contributed by atoms with van der Waals surface area (Å²) < 4.78 is 40.4. The monoisotopic (exact) mass is 461 g/mol. The minimum atomic E-state index is -3.60. The Morgan fingerprint density at radius 2 is 1.81 bits per heavy atom. The Labute approximate surface area is 184 Å². The van der Waals surface area contributed by atoms with Crippen molar-refractivity contribution in [3.63, 3.8) is 0 Å². The van der Waals surface area contributed by atoms with Crippen LogP contribution in [0.3, 0.4) is 0 Å². The molecule has 2 heterocycles. The fraction of sp³-hybridized carbons (Fsp3) is 0.333. The van der Waals surface area contributed by atoms with Crippen molar-refractivity contribution >= 4 is 37.5 Å². The normalized spacial score (nSPS) is 16.0. The first-order chi connectivity index (χ1) is 14.8. The van der Waals surface area contributed by atoms with Crippen molar-refractivity contribution in [1.82, 2.24) is 8.87 Å². The Kier molecular flexibility index (Phi) is 5.98. The van der Waals surface area contributed by atoms with E-state index in [9.17, 15) is 13.2 Å². The number of methoxy groups -OCH3 is 1. The van der Waals surface area contributed by atoms with E-state index in [0.717, 1.165) is 15.8 Å². The summed E-state index contributed by atoms with van der Waals surface area (Å²) in [5.74, 6) is 0.278. The summed E-state index contributed by atoms with van der Waals surface area (Å²) >= 11 is 1.41. The number of amides is 1. The molecule has 8 nitrogen and oxygen atoms in total. The first-order valence-corrected chi connectivity index (χ1v) is 12.0. The Morgan fingerprint density at radius 3 is 2.45 bits per heavy atom. The van der Waals surface area contributed by atoms with Crippen molar-refractivity contribution in [3.8, 4) is 5.75 Å². The zero-order valence-electron chi connectivity index (χ0n) is 17.5. The van der Waals surface area contributed by atoms with Crippen LogP contribution in [0, 0.1) is 6.92 Å². The summed E-state index contributed by atoms with van der Waals surface area (Å²) in [4.78, 5) is 17.7. The predicted molar refractivity (Wildman–Crippen MR) is 118 cm³/mol. The van der Waals surface area contributed by atoms with Crippen molar-refractivity contribution in [2.24, 2.45) is 12.0 Å². The molecule has 0 unspecified atom stereocenters. The molecule has 1 aliphatic rings. The van der Waals surface area contributed by atoms with E-state index in [0.29, 0.717) is 42.4 Å². The van der Waals surface area contributed by atoms with E-state index in [-0.39, 0.29) is 4.90 Å². The minimum Gasteiger partial charge on any atom is -0.495 e. The summed E-state index contributed by atoms with van der Waals surface area (Å²) in [5.41, 5.74) is 2.27. The predicted octanol–water partition coefficient (Wildman–Crippen LogP) is 2.32. The molecule has 0 radical (unpaired) electrons. The van der Waals surface area contributed by atoms with Crippen molar-refractivity contribution in [1.29, 1.82) is 0 Å². The third-order valence-corrected chi connectivity index (χ3v) is 8.41. The van der Waals surface area contributed by atoms with Crippen molar-refractivity contribution in [2.75, 3.05) is 33.4 Å². The first-order valence-electron chi connectivity index (χ1n) is 9.73. The number of sulfonamides is 1. The number of morpholine rings is 1. The van der Waals surface area contributed by atoms with Crippen LogP contribution in [0.15, 0.2) is 46.3 Å². The number of ether oxygens (including phenoxy) is 2. The standard InChI is InChI=1S/C21H23N3O5S2/c1-14-4-9-17(28-3)18-19(14)30-21(23(18)2)22-20(25)15-5-7-16(8-6-15)31(26,27)24-10-12-29-13-11-24/h4-9H,10-13H2,1-3H3. The zero-order chi connectivity index (χ0) is 22.2. The highest BCUT2D eigenvalue weighted by molar-refractivity contribution is 7.89. The lowest BCUT2D eigenvalue weighted by atomic mass is 10.2. The Hall–Kier alpha value is -2.53. The average Bonchev–Trinajstić information content (AvgIpc) is 3.12. The van der Waals surface area contributed by atoms with Crippen LogP contribution < -0.4 is 9.54 Å². The molecule has 1 fully saturated rings. The van der Waals surface area contributed by atoms with E-state index in [4.69, 9.17) is 9.47 Å². The lowest BCUT2D eigenvalue weighted by molar-refractivity contribution is 0.0730. The maximum absolute atomic E-state index is 12.8. The molecule has 3 aromatic rings. The van der Waals surface area contributed by atoms with Gasteiger partial charge in [0.2, 0.25) is 10.0 Å². The van der Waals surface area contributed by atoms with E-state index in [1.807, 2.05) is 30.7 Å². The number of aryl methyl sites for hydroxylation is 2. The van der Waals surface area contributed by atoms with Gasteiger partial charge in [0, 0.05) is 25.7 Å². The lowest BCUT2D eigenvalue weighted by Gasteiger charge is -2.26. The van der Waals surface area contributed by atoms with Gasteiger partial charge in [0.05, 0.1) is 29.9 Å². The Balaban J connectivity index is 1.66. The number of hydrogen-bond donors (Lipinski definition) is 0. The summed E-state index contributed by atoms with van der Waals surface area (Å²) in [6.45, 7) is 3.40. The van der Waals surface area contributed by atoms with Gasteiger partial charge in [-0.25, -0.2) is 8.42 Å². The molecule has 0 bridgehead atoms. The molecule has 0 N–H and O–H groups in total. The highest BCUT2D eigenvalue weighted by atomic mass is 32.2. The van der Waals surface area contributed by atoms with Crippen LogP contribution in [0.25, 0.3) is 10.2 Å². The molecule has 1 amide bonds. The molecular formula is C21H23N3O5S2. The SMILES string of the molecule is COc1ccc(C)c2sc(=NC(=O)c3ccc(S(=O)(=O)N4CCOCC4)cc3)n(C)c12. The van der Waals surface area contributed by atoms with Gasteiger partial charge in [-0.05, 0) is 42.8 Å². The Bertz CT molecular complexity index is 1300. The number of thiazole rings is 1. The molecule has 164 valence electrons. The van der Waals surface area contributed by atoms with E-state index in [1.165, 1.54) is 39.9 Å². The third-order valence-electron chi connectivity index (χ3n) is 5.23. The van der Waals surface area contributed by atoms with Gasteiger partial charge >= 0.3 is 0 Å².